The number of carbonyl (C=O) groups excluding carboxylic acids is 2. The van der Waals surface area contributed by atoms with Crippen molar-refractivity contribution in [3.05, 3.63) is 22.5 Å². The van der Waals surface area contributed by atoms with Crippen molar-refractivity contribution >= 4 is 11.7 Å². The monoisotopic (exact) mass is 359 g/mol. The van der Waals surface area contributed by atoms with Crippen molar-refractivity contribution in [2.24, 2.45) is 5.92 Å². The summed E-state index contributed by atoms with van der Waals surface area (Å²) in [5, 5.41) is 0. The molecule has 1 aromatic heterocycles. The number of H-pyrrole nitrogens is 1. The normalized spacial score (nSPS) is 20.2. The molecule has 2 fully saturated rings. The molecule has 1 aromatic rings. The van der Waals surface area contributed by atoms with Gasteiger partial charge in [0.1, 0.15) is 5.69 Å². The maximum atomic E-state index is 13.0. The van der Waals surface area contributed by atoms with Crippen LogP contribution in [0.4, 0.5) is 0 Å². The number of nitrogens with zero attached hydrogens (tertiary/aromatic N) is 2. The lowest BCUT2D eigenvalue weighted by molar-refractivity contribution is 0.0754. The highest BCUT2D eigenvalue weighted by atomic mass is 16.2. The van der Waals surface area contributed by atoms with Crippen LogP contribution < -0.4 is 0 Å². The number of hydrogen-bond donors (Lipinski definition) is 1. The number of carbonyl (C=O) groups is 2. The lowest BCUT2D eigenvalue weighted by Crippen LogP contribution is -2.37. The molecule has 1 aliphatic carbocycles. The molecule has 5 heteroatoms. The van der Waals surface area contributed by atoms with Gasteiger partial charge in [-0.1, -0.05) is 19.3 Å². The van der Waals surface area contributed by atoms with Crippen molar-refractivity contribution in [3.8, 4) is 0 Å². The number of aromatic amines is 1. The Morgan fingerprint density at radius 3 is 2.38 bits per heavy atom. The van der Waals surface area contributed by atoms with Gasteiger partial charge in [0.2, 0.25) is 0 Å². The van der Waals surface area contributed by atoms with Gasteiger partial charge in [-0.15, -0.1) is 0 Å². The second-order valence-electron chi connectivity index (χ2n) is 8.13. The summed E-state index contributed by atoms with van der Waals surface area (Å²) in [6.45, 7) is 10.1. The summed E-state index contributed by atoms with van der Waals surface area (Å²) >= 11 is 0. The SMILES string of the molecule is CC(=O)c1c(C)[nH]c(C(=O)N2CCCN(CC3CCCCC3)CC2)c1C. The predicted molar refractivity (Wildman–Crippen MR) is 104 cm³/mol. The molecule has 26 heavy (non-hydrogen) atoms. The molecule has 1 N–H and O–H groups in total. The van der Waals surface area contributed by atoms with E-state index in [0.29, 0.717) is 11.3 Å². The van der Waals surface area contributed by atoms with Crippen LogP contribution in [0, 0.1) is 19.8 Å². The molecule has 2 aliphatic rings. The van der Waals surface area contributed by atoms with Crippen molar-refractivity contribution in [1.29, 1.82) is 0 Å². The van der Waals surface area contributed by atoms with Crippen molar-refractivity contribution < 1.29 is 9.59 Å². The number of aryl methyl sites for hydroxylation is 1. The van der Waals surface area contributed by atoms with Gasteiger partial charge >= 0.3 is 0 Å². The van der Waals surface area contributed by atoms with E-state index in [1.54, 1.807) is 6.92 Å². The molecule has 0 bridgehead atoms. The van der Waals surface area contributed by atoms with Gasteiger partial charge in [-0.05, 0) is 58.1 Å². The molecule has 0 atom stereocenters. The molecule has 1 saturated carbocycles. The van der Waals surface area contributed by atoms with E-state index < -0.39 is 0 Å². The molecule has 2 heterocycles. The van der Waals surface area contributed by atoms with Crippen LogP contribution >= 0.6 is 0 Å². The van der Waals surface area contributed by atoms with Gasteiger partial charge in [-0.3, -0.25) is 9.59 Å². The first kappa shape index (κ1) is 19.2. The lowest BCUT2D eigenvalue weighted by Gasteiger charge is -2.28. The summed E-state index contributed by atoms with van der Waals surface area (Å²) in [6.07, 6.45) is 7.93. The fourth-order valence-corrected chi connectivity index (χ4v) is 4.74. The quantitative estimate of drug-likeness (QED) is 0.836. The number of amides is 1. The zero-order valence-electron chi connectivity index (χ0n) is 16.6. The van der Waals surface area contributed by atoms with Crippen LogP contribution in [0.15, 0.2) is 0 Å². The lowest BCUT2D eigenvalue weighted by atomic mass is 9.89. The van der Waals surface area contributed by atoms with Crippen molar-refractivity contribution in [1.82, 2.24) is 14.8 Å². The van der Waals surface area contributed by atoms with Gasteiger partial charge in [0.25, 0.3) is 5.91 Å². The average Bonchev–Trinajstić information content (AvgIpc) is 2.78. The second kappa shape index (κ2) is 8.38. The minimum Gasteiger partial charge on any atom is -0.354 e. The van der Waals surface area contributed by atoms with Crippen molar-refractivity contribution in [2.45, 2.75) is 59.3 Å². The smallest absolute Gasteiger partial charge is 0.270 e. The highest BCUT2D eigenvalue weighted by molar-refractivity contribution is 6.02. The van der Waals surface area contributed by atoms with Crippen LogP contribution in [0.3, 0.4) is 0 Å². The number of aromatic nitrogens is 1. The zero-order valence-corrected chi connectivity index (χ0v) is 16.6. The Balaban J connectivity index is 1.62. The van der Waals surface area contributed by atoms with E-state index in [-0.39, 0.29) is 11.7 Å². The Bertz CT molecular complexity index is 658. The van der Waals surface area contributed by atoms with E-state index in [9.17, 15) is 9.59 Å². The molecule has 1 saturated heterocycles. The topological polar surface area (TPSA) is 56.4 Å². The van der Waals surface area contributed by atoms with E-state index in [1.807, 2.05) is 18.7 Å². The molecule has 1 aliphatic heterocycles. The number of hydrogen-bond acceptors (Lipinski definition) is 3. The highest BCUT2D eigenvalue weighted by Gasteiger charge is 2.26. The van der Waals surface area contributed by atoms with Crippen LogP contribution in [-0.4, -0.2) is 59.2 Å². The van der Waals surface area contributed by atoms with Crippen LogP contribution in [0.25, 0.3) is 0 Å². The summed E-state index contributed by atoms with van der Waals surface area (Å²) in [5.41, 5.74) is 2.85. The van der Waals surface area contributed by atoms with Crippen LogP contribution in [0.2, 0.25) is 0 Å². The van der Waals surface area contributed by atoms with Crippen molar-refractivity contribution in [3.63, 3.8) is 0 Å². The van der Waals surface area contributed by atoms with Crippen LogP contribution in [-0.2, 0) is 0 Å². The number of nitrogens with one attached hydrogen (secondary N) is 1. The number of rotatable bonds is 4. The van der Waals surface area contributed by atoms with E-state index in [4.69, 9.17) is 0 Å². The first-order valence-electron chi connectivity index (χ1n) is 10.2. The highest BCUT2D eigenvalue weighted by Crippen LogP contribution is 2.25. The third-order valence-corrected chi connectivity index (χ3v) is 6.12. The van der Waals surface area contributed by atoms with Crippen LogP contribution in [0.1, 0.15) is 77.6 Å². The first-order valence-corrected chi connectivity index (χ1v) is 10.2. The summed E-state index contributed by atoms with van der Waals surface area (Å²) < 4.78 is 0. The summed E-state index contributed by atoms with van der Waals surface area (Å²) in [4.78, 5) is 32.5. The standard InChI is InChI=1S/C21H33N3O2/c1-15-19(17(3)25)16(2)22-20(15)21(26)24-11-7-10-23(12-13-24)14-18-8-5-4-6-9-18/h18,22H,4-14H2,1-3H3. The number of ketones is 1. The summed E-state index contributed by atoms with van der Waals surface area (Å²) in [6, 6.07) is 0. The van der Waals surface area contributed by atoms with E-state index in [1.165, 1.54) is 38.6 Å². The molecular formula is C21H33N3O2. The van der Waals surface area contributed by atoms with E-state index >= 15 is 0 Å². The van der Waals surface area contributed by atoms with Gasteiger partial charge in [-0.2, -0.15) is 0 Å². The maximum absolute atomic E-state index is 13.0. The second-order valence-corrected chi connectivity index (χ2v) is 8.13. The molecule has 144 valence electrons. The van der Waals surface area contributed by atoms with E-state index in [2.05, 4.69) is 9.88 Å². The molecule has 0 aromatic carbocycles. The van der Waals surface area contributed by atoms with Gasteiger partial charge in [0.15, 0.2) is 5.78 Å². The maximum Gasteiger partial charge on any atom is 0.270 e. The minimum absolute atomic E-state index is 0.0184. The Morgan fingerprint density at radius 2 is 1.73 bits per heavy atom. The molecule has 0 unspecified atom stereocenters. The third-order valence-electron chi connectivity index (χ3n) is 6.12. The minimum atomic E-state index is 0.0184. The zero-order chi connectivity index (χ0) is 18.7. The van der Waals surface area contributed by atoms with Gasteiger partial charge in [0.05, 0.1) is 0 Å². The Kier molecular flexibility index (Phi) is 6.17. The molecular weight excluding hydrogens is 326 g/mol. The largest absolute Gasteiger partial charge is 0.354 e. The summed E-state index contributed by atoms with van der Waals surface area (Å²) in [5.74, 6) is 0.903. The Morgan fingerprint density at radius 1 is 1.00 bits per heavy atom. The van der Waals surface area contributed by atoms with Gasteiger partial charge < -0.3 is 14.8 Å². The van der Waals surface area contributed by atoms with Gasteiger partial charge in [0, 0.05) is 37.4 Å². The molecule has 5 nitrogen and oxygen atoms in total. The third kappa shape index (κ3) is 4.20. The molecule has 1 amide bonds. The molecule has 3 rings (SSSR count). The summed E-state index contributed by atoms with van der Waals surface area (Å²) in [7, 11) is 0. The Labute approximate surface area is 157 Å². The van der Waals surface area contributed by atoms with Crippen LogP contribution in [0.5, 0.6) is 0 Å². The number of Topliss-reactive ketones (excluding diaryl/α,β-unsaturated/α-hetero) is 1. The van der Waals surface area contributed by atoms with E-state index in [0.717, 1.165) is 49.8 Å². The first-order chi connectivity index (χ1) is 12.5. The molecule has 0 radical (unpaired) electrons. The fraction of sp³-hybridized carbons (Fsp3) is 0.714. The van der Waals surface area contributed by atoms with Crippen molar-refractivity contribution in [2.75, 3.05) is 32.7 Å². The Hall–Kier alpha value is -1.62. The fourth-order valence-electron chi connectivity index (χ4n) is 4.74. The average molecular weight is 360 g/mol. The van der Waals surface area contributed by atoms with Gasteiger partial charge in [-0.25, -0.2) is 0 Å². The predicted octanol–water partition coefficient (Wildman–Crippen LogP) is 3.56. The molecule has 0 spiro atoms.